The third kappa shape index (κ3) is 1.88. The van der Waals surface area contributed by atoms with Crippen LogP contribution >= 0.6 is 0 Å². The van der Waals surface area contributed by atoms with Crippen molar-refractivity contribution in [3.63, 3.8) is 0 Å². The van der Waals surface area contributed by atoms with Crippen LogP contribution in [0, 0.1) is 16.0 Å². The van der Waals surface area contributed by atoms with Crippen LogP contribution in [0.5, 0.6) is 0 Å². The lowest BCUT2D eigenvalue weighted by atomic mass is 10.3. The molecule has 0 amide bonds. The summed E-state index contributed by atoms with van der Waals surface area (Å²) in [5.41, 5.74) is -0.369. The Morgan fingerprint density at radius 2 is 2.44 bits per heavy atom. The lowest BCUT2D eigenvalue weighted by Gasteiger charge is -2.03. The average Bonchev–Trinajstić information content (AvgIpc) is 2.95. The van der Waals surface area contributed by atoms with Gasteiger partial charge in [-0.1, -0.05) is 0 Å². The second-order valence-electron chi connectivity index (χ2n) is 3.75. The van der Waals surface area contributed by atoms with Crippen LogP contribution in [0.1, 0.15) is 23.3 Å². The van der Waals surface area contributed by atoms with Crippen molar-refractivity contribution in [1.82, 2.24) is 9.78 Å². The Hall–Kier alpha value is -1.92. The molecule has 1 aliphatic carbocycles. The van der Waals surface area contributed by atoms with Crippen LogP contribution in [-0.2, 0) is 11.3 Å². The Morgan fingerprint density at radius 3 is 2.94 bits per heavy atom. The van der Waals surface area contributed by atoms with Crippen LogP contribution in [0.4, 0.5) is 5.69 Å². The summed E-state index contributed by atoms with van der Waals surface area (Å²) < 4.78 is 5.89. The highest BCUT2D eigenvalue weighted by Gasteiger charge is 2.31. The van der Waals surface area contributed by atoms with E-state index in [1.165, 1.54) is 11.8 Å². The number of aromatic nitrogens is 2. The van der Waals surface area contributed by atoms with E-state index in [-0.39, 0.29) is 11.4 Å². The molecular weight excluding hydrogens is 214 g/mol. The van der Waals surface area contributed by atoms with Gasteiger partial charge in [-0.25, -0.2) is 4.79 Å². The fourth-order valence-electron chi connectivity index (χ4n) is 1.50. The van der Waals surface area contributed by atoms with E-state index in [1.807, 2.05) is 0 Å². The van der Waals surface area contributed by atoms with Gasteiger partial charge in [-0.05, 0) is 18.8 Å². The number of esters is 1. The number of ether oxygens (including phenoxy) is 1. The monoisotopic (exact) mass is 225 g/mol. The molecule has 0 atom stereocenters. The van der Waals surface area contributed by atoms with Crippen LogP contribution < -0.4 is 0 Å². The largest absolute Gasteiger partial charge is 0.464 e. The Bertz CT molecular complexity index is 436. The quantitative estimate of drug-likeness (QED) is 0.433. The van der Waals surface area contributed by atoms with Crippen molar-refractivity contribution in [2.45, 2.75) is 19.4 Å². The van der Waals surface area contributed by atoms with E-state index in [9.17, 15) is 14.9 Å². The summed E-state index contributed by atoms with van der Waals surface area (Å²) in [6, 6.07) is 0. The summed E-state index contributed by atoms with van der Waals surface area (Å²) >= 11 is 0. The van der Waals surface area contributed by atoms with Gasteiger partial charge >= 0.3 is 11.7 Å². The molecule has 0 bridgehead atoms. The number of hydrogen-bond acceptors (Lipinski definition) is 5. The fraction of sp³-hybridized carbons (Fsp3) is 0.556. The van der Waals surface area contributed by atoms with E-state index in [1.54, 1.807) is 0 Å². The number of carbonyl (C=O) groups excluding carboxylic acids is 1. The van der Waals surface area contributed by atoms with Crippen LogP contribution in [0.15, 0.2) is 6.20 Å². The molecule has 0 saturated heterocycles. The second kappa shape index (κ2) is 3.92. The molecule has 16 heavy (non-hydrogen) atoms. The molecule has 1 saturated carbocycles. The highest BCUT2D eigenvalue weighted by Crippen LogP contribution is 2.32. The summed E-state index contributed by atoms with van der Waals surface area (Å²) in [7, 11) is 1.19. The molecule has 1 aliphatic rings. The third-order valence-corrected chi connectivity index (χ3v) is 2.52. The average molecular weight is 225 g/mol. The molecule has 1 fully saturated rings. The molecule has 2 rings (SSSR count). The molecule has 0 aromatic carbocycles. The maximum Gasteiger partial charge on any atom is 0.363 e. The minimum atomic E-state index is -0.718. The van der Waals surface area contributed by atoms with Crippen molar-refractivity contribution in [3.8, 4) is 0 Å². The number of methoxy groups -OCH3 is 1. The van der Waals surface area contributed by atoms with Crippen molar-refractivity contribution in [1.29, 1.82) is 0 Å². The van der Waals surface area contributed by atoms with Gasteiger partial charge in [0.15, 0.2) is 0 Å². The molecule has 1 aromatic rings. The molecule has 86 valence electrons. The minimum Gasteiger partial charge on any atom is -0.464 e. The first-order chi connectivity index (χ1) is 7.63. The number of nitrogens with zero attached hydrogens (tertiary/aromatic N) is 3. The predicted octanol–water partition coefficient (Wildman–Crippen LogP) is 0.988. The SMILES string of the molecule is COC(=O)c1c([N+](=O)[O-])cnn1CC1CC1. The molecule has 0 radical (unpaired) electrons. The summed E-state index contributed by atoms with van der Waals surface area (Å²) in [4.78, 5) is 21.5. The zero-order valence-electron chi connectivity index (χ0n) is 8.75. The van der Waals surface area contributed by atoms with Gasteiger partial charge in [-0.15, -0.1) is 0 Å². The summed E-state index contributed by atoms with van der Waals surface area (Å²) in [6.45, 7) is 0.540. The highest BCUT2D eigenvalue weighted by molar-refractivity contribution is 5.91. The Labute approximate surface area is 91.2 Å². The van der Waals surface area contributed by atoms with Crippen LogP contribution in [0.2, 0.25) is 0 Å². The predicted molar refractivity (Wildman–Crippen MR) is 52.9 cm³/mol. The number of nitro groups is 1. The first-order valence-corrected chi connectivity index (χ1v) is 4.92. The van der Waals surface area contributed by atoms with Gasteiger partial charge < -0.3 is 4.74 Å². The third-order valence-electron chi connectivity index (χ3n) is 2.52. The van der Waals surface area contributed by atoms with E-state index in [2.05, 4.69) is 9.84 Å². The summed E-state index contributed by atoms with van der Waals surface area (Å²) in [5, 5.41) is 14.6. The first kappa shape index (κ1) is 10.6. The normalized spacial score (nSPS) is 14.8. The van der Waals surface area contributed by atoms with Crippen LogP contribution in [-0.4, -0.2) is 27.8 Å². The lowest BCUT2D eigenvalue weighted by molar-refractivity contribution is -0.385. The fourth-order valence-corrected chi connectivity index (χ4v) is 1.50. The molecular formula is C9H11N3O4. The van der Waals surface area contributed by atoms with E-state index in [0.717, 1.165) is 19.0 Å². The smallest absolute Gasteiger partial charge is 0.363 e. The maximum atomic E-state index is 11.4. The van der Waals surface area contributed by atoms with Crippen LogP contribution in [0.3, 0.4) is 0 Å². The summed E-state index contributed by atoms with van der Waals surface area (Å²) in [5.74, 6) is -0.243. The molecule has 1 heterocycles. The van der Waals surface area contributed by atoms with E-state index in [4.69, 9.17) is 0 Å². The van der Waals surface area contributed by atoms with E-state index in [0.29, 0.717) is 12.5 Å². The van der Waals surface area contributed by atoms with Crippen LogP contribution in [0.25, 0.3) is 0 Å². The Morgan fingerprint density at radius 1 is 1.75 bits per heavy atom. The van der Waals surface area contributed by atoms with Crippen molar-refractivity contribution in [2.24, 2.45) is 5.92 Å². The zero-order chi connectivity index (χ0) is 11.7. The molecule has 7 nitrogen and oxygen atoms in total. The first-order valence-electron chi connectivity index (χ1n) is 4.92. The number of hydrogen-bond donors (Lipinski definition) is 0. The van der Waals surface area contributed by atoms with Gasteiger partial charge in [0, 0.05) is 6.54 Å². The zero-order valence-corrected chi connectivity index (χ0v) is 8.75. The molecule has 0 aliphatic heterocycles. The van der Waals surface area contributed by atoms with Crippen molar-refractivity contribution >= 4 is 11.7 Å². The van der Waals surface area contributed by atoms with Gasteiger partial charge in [0.2, 0.25) is 5.69 Å². The van der Waals surface area contributed by atoms with Gasteiger partial charge in [0.05, 0.1) is 12.0 Å². The second-order valence-corrected chi connectivity index (χ2v) is 3.75. The molecule has 7 heteroatoms. The lowest BCUT2D eigenvalue weighted by Crippen LogP contribution is -2.14. The Balaban J connectivity index is 2.35. The molecule has 1 aromatic heterocycles. The molecule has 0 unspecified atom stereocenters. The standard InChI is InChI=1S/C9H11N3O4/c1-16-9(13)8-7(12(14)15)4-10-11(8)5-6-2-3-6/h4,6H,2-3,5H2,1H3. The van der Waals surface area contributed by atoms with E-state index < -0.39 is 10.9 Å². The van der Waals surface area contributed by atoms with Crippen molar-refractivity contribution < 1.29 is 14.5 Å². The Kier molecular flexibility index (Phi) is 2.59. The van der Waals surface area contributed by atoms with Gasteiger partial charge in [0.1, 0.15) is 6.20 Å². The molecule has 0 N–H and O–H groups in total. The minimum absolute atomic E-state index is 0.0700. The number of carbonyl (C=O) groups is 1. The number of rotatable bonds is 4. The van der Waals surface area contributed by atoms with Gasteiger partial charge in [-0.2, -0.15) is 5.10 Å². The summed E-state index contributed by atoms with van der Waals surface area (Å²) in [6.07, 6.45) is 3.25. The highest BCUT2D eigenvalue weighted by atomic mass is 16.6. The maximum absolute atomic E-state index is 11.4. The van der Waals surface area contributed by atoms with Crippen molar-refractivity contribution in [2.75, 3.05) is 7.11 Å². The van der Waals surface area contributed by atoms with E-state index >= 15 is 0 Å². The molecule has 0 spiro atoms. The van der Waals surface area contributed by atoms with Crippen molar-refractivity contribution in [3.05, 3.63) is 22.0 Å². The van der Waals surface area contributed by atoms with Gasteiger partial charge in [0.25, 0.3) is 0 Å². The topological polar surface area (TPSA) is 87.3 Å². The van der Waals surface area contributed by atoms with Gasteiger partial charge in [-0.3, -0.25) is 14.8 Å².